The van der Waals surface area contributed by atoms with Gasteiger partial charge < -0.3 is 9.73 Å². The predicted molar refractivity (Wildman–Crippen MR) is 99.1 cm³/mol. The number of hydrogen-bond acceptors (Lipinski definition) is 5. The van der Waals surface area contributed by atoms with Gasteiger partial charge in [-0.2, -0.15) is 0 Å². The molecule has 2 heterocycles. The highest BCUT2D eigenvalue weighted by molar-refractivity contribution is 5.97. The van der Waals surface area contributed by atoms with Crippen LogP contribution in [0.4, 0.5) is 0 Å². The van der Waals surface area contributed by atoms with Gasteiger partial charge in [0.1, 0.15) is 5.52 Å². The Kier molecular flexibility index (Phi) is 4.08. The van der Waals surface area contributed by atoms with Crippen LogP contribution in [-0.2, 0) is 6.42 Å². The van der Waals surface area contributed by atoms with Crippen molar-refractivity contribution in [1.29, 1.82) is 0 Å². The third-order valence-electron chi connectivity index (χ3n) is 4.43. The van der Waals surface area contributed by atoms with Gasteiger partial charge in [-0.3, -0.25) is 4.79 Å². The molecule has 0 saturated heterocycles. The van der Waals surface area contributed by atoms with Gasteiger partial charge in [-0.25, -0.2) is 15.0 Å². The second-order valence-corrected chi connectivity index (χ2v) is 6.26. The maximum Gasteiger partial charge on any atom is 0.251 e. The molecule has 6 nitrogen and oxygen atoms in total. The van der Waals surface area contributed by atoms with Gasteiger partial charge in [-0.15, -0.1) is 0 Å². The first-order valence-corrected chi connectivity index (χ1v) is 8.45. The van der Waals surface area contributed by atoms with E-state index in [0.717, 1.165) is 45.5 Å². The molecule has 0 spiro atoms. The molecule has 0 unspecified atom stereocenters. The number of oxazole rings is 1. The zero-order chi connectivity index (χ0) is 18.1. The topological polar surface area (TPSA) is 80.9 Å². The zero-order valence-corrected chi connectivity index (χ0v) is 14.6. The molecule has 2 aromatic carbocycles. The Morgan fingerprint density at radius 2 is 1.81 bits per heavy atom. The molecule has 4 aromatic rings. The van der Waals surface area contributed by atoms with Gasteiger partial charge in [0.25, 0.3) is 5.91 Å². The van der Waals surface area contributed by atoms with Crippen molar-refractivity contribution < 1.29 is 9.21 Å². The second kappa shape index (κ2) is 6.55. The van der Waals surface area contributed by atoms with E-state index in [-0.39, 0.29) is 5.91 Å². The van der Waals surface area contributed by atoms with Crippen molar-refractivity contribution in [3.63, 3.8) is 0 Å². The smallest absolute Gasteiger partial charge is 0.251 e. The lowest BCUT2D eigenvalue weighted by molar-refractivity contribution is 0.0954. The summed E-state index contributed by atoms with van der Waals surface area (Å²) in [7, 11) is 0. The van der Waals surface area contributed by atoms with Crippen LogP contribution in [0, 0.1) is 13.8 Å². The molecule has 0 atom stereocenters. The van der Waals surface area contributed by atoms with E-state index in [4.69, 9.17) is 4.42 Å². The molecule has 1 amide bonds. The number of carbonyl (C=O) groups excluding carboxylic acids is 1. The number of aryl methyl sites for hydroxylation is 2. The SMILES string of the molecule is Cc1nc2ccc(C(=O)NCCc3ccc4ocnc4c3)cc2nc1C. The summed E-state index contributed by atoms with van der Waals surface area (Å²) in [5.41, 5.74) is 6.58. The van der Waals surface area contributed by atoms with Crippen LogP contribution in [0.5, 0.6) is 0 Å². The lowest BCUT2D eigenvalue weighted by Gasteiger charge is -2.07. The summed E-state index contributed by atoms with van der Waals surface area (Å²) in [6.45, 7) is 4.39. The fourth-order valence-corrected chi connectivity index (χ4v) is 2.85. The molecule has 0 fully saturated rings. The molecule has 2 aromatic heterocycles. The van der Waals surface area contributed by atoms with E-state index in [1.54, 1.807) is 12.1 Å². The van der Waals surface area contributed by atoms with Crippen LogP contribution < -0.4 is 5.32 Å². The number of amides is 1. The van der Waals surface area contributed by atoms with Crippen molar-refractivity contribution >= 4 is 28.0 Å². The minimum Gasteiger partial charge on any atom is -0.443 e. The van der Waals surface area contributed by atoms with Gasteiger partial charge in [0.05, 0.1) is 22.4 Å². The maximum atomic E-state index is 12.4. The molecule has 0 radical (unpaired) electrons. The molecule has 130 valence electrons. The van der Waals surface area contributed by atoms with Crippen molar-refractivity contribution in [2.75, 3.05) is 6.54 Å². The summed E-state index contributed by atoms with van der Waals surface area (Å²) in [4.78, 5) is 25.6. The highest BCUT2D eigenvalue weighted by Gasteiger charge is 2.09. The summed E-state index contributed by atoms with van der Waals surface area (Å²) in [6, 6.07) is 11.3. The van der Waals surface area contributed by atoms with Crippen LogP contribution in [0.1, 0.15) is 27.3 Å². The number of rotatable bonds is 4. The van der Waals surface area contributed by atoms with Gasteiger partial charge >= 0.3 is 0 Å². The minimum absolute atomic E-state index is 0.116. The monoisotopic (exact) mass is 346 g/mol. The van der Waals surface area contributed by atoms with E-state index < -0.39 is 0 Å². The van der Waals surface area contributed by atoms with Crippen molar-refractivity contribution in [3.05, 3.63) is 65.3 Å². The number of nitrogens with one attached hydrogen (secondary N) is 1. The quantitative estimate of drug-likeness (QED) is 0.613. The second-order valence-electron chi connectivity index (χ2n) is 6.26. The third kappa shape index (κ3) is 3.13. The Hall–Kier alpha value is -3.28. The number of fused-ring (bicyclic) bond motifs is 2. The number of aromatic nitrogens is 3. The first-order valence-electron chi connectivity index (χ1n) is 8.45. The first-order chi connectivity index (χ1) is 12.6. The molecule has 0 bridgehead atoms. The number of nitrogens with zero attached hydrogens (tertiary/aromatic N) is 3. The van der Waals surface area contributed by atoms with Gasteiger partial charge in [-0.05, 0) is 56.2 Å². The Morgan fingerprint density at radius 1 is 1.00 bits per heavy atom. The number of carbonyl (C=O) groups is 1. The predicted octanol–water partition coefficient (Wildman–Crippen LogP) is 3.36. The summed E-state index contributed by atoms with van der Waals surface area (Å²) >= 11 is 0. The fourth-order valence-electron chi connectivity index (χ4n) is 2.85. The summed E-state index contributed by atoms with van der Waals surface area (Å²) in [5.74, 6) is -0.116. The highest BCUT2D eigenvalue weighted by atomic mass is 16.3. The van der Waals surface area contributed by atoms with Crippen molar-refractivity contribution in [2.24, 2.45) is 0 Å². The molecular weight excluding hydrogens is 328 g/mol. The summed E-state index contributed by atoms with van der Waals surface area (Å²) in [5, 5.41) is 2.95. The molecule has 26 heavy (non-hydrogen) atoms. The Bertz CT molecular complexity index is 1120. The molecule has 0 aliphatic carbocycles. The summed E-state index contributed by atoms with van der Waals surface area (Å²) < 4.78 is 5.23. The summed E-state index contributed by atoms with van der Waals surface area (Å²) in [6.07, 6.45) is 2.16. The normalized spacial score (nSPS) is 11.2. The Balaban J connectivity index is 1.44. The zero-order valence-electron chi connectivity index (χ0n) is 14.6. The minimum atomic E-state index is -0.116. The molecule has 0 aliphatic rings. The lowest BCUT2D eigenvalue weighted by Crippen LogP contribution is -2.25. The van der Waals surface area contributed by atoms with Crippen LogP contribution >= 0.6 is 0 Å². The van der Waals surface area contributed by atoms with Crippen LogP contribution in [0.25, 0.3) is 22.1 Å². The van der Waals surface area contributed by atoms with Gasteiger partial charge in [0.15, 0.2) is 12.0 Å². The van der Waals surface area contributed by atoms with Gasteiger partial charge in [0.2, 0.25) is 0 Å². The van der Waals surface area contributed by atoms with E-state index in [1.807, 2.05) is 38.1 Å². The molecule has 0 saturated carbocycles. The van der Waals surface area contributed by atoms with Crippen molar-refractivity contribution in [1.82, 2.24) is 20.3 Å². The van der Waals surface area contributed by atoms with E-state index in [0.29, 0.717) is 12.1 Å². The first kappa shape index (κ1) is 16.2. The fraction of sp³-hybridized carbons (Fsp3) is 0.200. The standard InChI is InChI=1S/C20H18N4O2/c1-12-13(2)24-17-10-15(4-5-16(17)23-12)20(25)21-8-7-14-3-6-19-18(9-14)22-11-26-19/h3-6,9-11H,7-8H2,1-2H3,(H,21,25). The average molecular weight is 346 g/mol. The van der Waals surface area contributed by atoms with Crippen LogP contribution in [0.15, 0.2) is 47.2 Å². The molecule has 1 N–H and O–H groups in total. The van der Waals surface area contributed by atoms with E-state index >= 15 is 0 Å². The molecule has 6 heteroatoms. The number of hydrogen-bond donors (Lipinski definition) is 1. The molecule has 4 rings (SSSR count). The van der Waals surface area contributed by atoms with Crippen molar-refractivity contribution in [3.8, 4) is 0 Å². The van der Waals surface area contributed by atoms with Gasteiger partial charge in [0, 0.05) is 12.1 Å². The average Bonchev–Trinajstić information content (AvgIpc) is 3.10. The maximum absolute atomic E-state index is 12.4. The van der Waals surface area contributed by atoms with Gasteiger partial charge in [-0.1, -0.05) is 6.07 Å². The van der Waals surface area contributed by atoms with E-state index in [2.05, 4.69) is 20.3 Å². The largest absolute Gasteiger partial charge is 0.443 e. The Morgan fingerprint density at radius 3 is 2.65 bits per heavy atom. The highest BCUT2D eigenvalue weighted by Crippen LogP contribution is 2.16. The van der Waals surface area contributed by atoms with E-state index in [1.165, 1.54) is 6.39 Å². The van der Waals surface area contributed by atoms with E-state index in [9.17, 15) is 4.79 Å². The third-order valence-corrected chi connectivity index (χ3v) is 4.43. The molecule has 0 aliphatic heterocycles. The number of benzene rings is 2. The van der Waals surface area contributed by atoms with Crippen molar-refractivity contribution in [2.45, 2.75) is 20.3 Å². The lowest BCUT2D eigenvalue weighted by atomic mass is 10.1. The Labute approximate surface area is 150 Å². The molecular formula is C20H18N4O2. The van der Waals surface area contributed by atoms with Crippen LogP contribution in [0.3, 0.4) is 0 Å². The van der Waals surface area contributed by atoms with Crippen LogP contribution in [0.2, 0.25) is 0 Å². The van der Waals surface area contributed by atoms with Crippen LogP contribution in [-0.4, -0.2) is 27.4 Å².